The van der Waals surface area contributed by atoms with E-state index in [1.54, 1.807) is 0 Å². The lowest BCUT2D eigenvalue weighted by Gasteiger charge is -1.96. The van der Waals surface area contributed by atoms with Gasteiger partial charge in [0.1, 0.15) is 11.4 Å². The van der Waals surface area contributed by atoms with Crippen molar-refractivity contribution in [1.29, 1.82) is 0 Å². The lowest BCUT2D eigenvalue weighted by molar-refractivity contribution is 0.319. The average Bonchev–Trinajstić information content (AvgIpc) is 2.62. The predicted molar refractivity (Wildman–Crippen MR) is 57.7 cm³/mol. The number of nitrogens with one attached hydrogen (secondary N) is 1. The van der Waals surface area contributed by atoms with Gasteiger partial charge in [0.2, 0.25) is 0 Å². The van der Waals surface area contributed by atoms with Crippen LogP contribution in [0.4, 0.5) is 0 Å². The average molecular weight is 213 g/mol. The highest BCUT2D eigenvalue weighted by Gasteiger charge is 2.27. The van der Waals surface area contributed by atoms with Crippen LogP contribution in [0.15, 0.2) is 40.4 Å². The highest BCUT2D eigenvalue weighted by atomic mass is 16.4. The van der Waals surface area contributed by atoms with E-state index in [0.717, 1.165) is 11.1 Å². The Labute approximate surface area is 90.1 Å². The summed E-state index contributed by atoms with van der Waals surface area (Å²) in [6.07, 6.45) is 1.18. The molecule has 0 bridgehead atoms. The maximum atomic E-state index is 11.2. The summed E-state index contributed by atoms with van der Waals surface area (Å²) in [5.41, 5.74) is 2.83. The van der Waals surface area contributed by atoms with Gasteiger partial charge in [-0.25, -0.2) is 4.98 Å². The second-order valence-corrected chi connectivity index (χ2v) is 3.47. The maximum Gasteiger partial charge on any atom is 0.266 e. The van der Waals surface area contributed by atoms with Gasteiger partial charge in [-0.2, -0.15) is 0 Å². The number of fused-ring (bicyclic) bond motifs is 3. The van der Waals surface area contributed by atoms with Gasteiger partial charge in [-0.05, 0) is 0 Å². The minimum absolute atomic E-state index is 0.271. The molecule has 1 aromatic heterocycles. The van der Waals surface area contributed by atoms with Crippen molar-refractivity contribution in [2.75, 3.05) is 0 Å². The molecule has 1 aromatic carbocycles. The van der Waals surface area contributed by atoms with Crippen molar-refractivity contribution in [3.63, 3.8) is 0 Å². The Hall–Kier alpha value is -2.43. The summed E-state index contributed by atoms with van der Waals surface area (Å²) >= 11 is 0. The lowest BCUT2D eigenvalue weighted by atomic mass is 10.1. The third kappa shape index (κ3) is 1.02. The Bertz CT molecular complexity index is 658. The van der Waals surface area contributed by atoms with Crippen molar-refractivity contribution in [2.24, 2.45) is 5.16 Å². The molecular formula is C11H7N3O2. The molecule has 0 radical (unpaired) electrons. The predicted octanol–water partition coefficient (Wildman–Crippen LogP) is 0.977. The number of aromatic nitrogens is 2. The minimum atomic E-state index is -0.271. The molecule has 1 aliphatic carbocycles. The van der Waals surface area contributed by atoms with Crippen LogP contribution in [0.1, 0.15) is 11.3 Å². The van der Waals surface area contributed by atoms with Gasteiger partial charge in [0.05, 0.1) is 11.9 Å². The van der Waals surface area contributed by atoms with Gasteiger partial charge < -0.3 is 10.2 Å². The number of hydrogen-bond donors (Lipinski definition) is 2. The number of H-pyrrole nitrogens is 1. The van der Waals surface area contributed by atoms with Gasteiger partial charge in [0.25, 0.3) is 5.56 Å². The zero-order valence-corrected chi connectivity index (χ0v) is 8.14. The van der Waals surface area contributed by atoms with Crippen LogP contribution in [0.3, 0.4) is 0 Å². The van der Waals surface area contributed by atoms with Crippen molar-refractivity contribution >= 4 is 5.71 Å². The molecule has 2 N–H and O–H groups in total. The molecule has 0 saturated heterocycles. The number of oxime groups is 1. The molecule has 0 amide bonds. The number of nitrogens with zero attached hydrogens (tertiary/aromatic N) is 2. The van der Waals surface area contributed by atoms with Crippen LogP contribution in [0.5, 0.6) is 0 Å². The highest BCUT2D eigenvalue weighted by Crippen LogP contribution is 2.32. The molecule has 0 aliphatic heterocycles. The molecule has 0 saturated carbocycles. The van der Waals surface area contributed by atoms with Gasteiger partial charge >= 0.3 is 0 Å². The molecule has 1 aliphatic rings. The normalized spacial score (nSPS) is 14.9. The smallest absolute Gasteiger partial charge is 0.266 e. The molecule has 0 fully saturated rings. The first-order valence-electron chi connectivity index (χ1n) is 4.73. The molecule has 2 aromatic rings. The standard InChI is InChI=1S/C11H7N3O2/c15-8-5-12-11-9(13-8)6-3-1-2-4-7(6)10(11)14-16/h1-5,16H,(H,13,15)/b14-10+. The summed E-state index contributed by atoms with van der Waals surface area (Å²) < 4.78 is 0. The maximum absolute atomic E-state index is 11.2. The molecule has 1 heterocycles. The van der Waals surface area contributed by atoms with Crippen LogP contribution < -0.4 is 5.56 Å². The van der Waals surface area contributed by atoms with Crippen molar-refractivity contribution in [2.45, 2.75) is 0 Å². The molecule has 5 nitrogen and oxygen atoms in total. The lowest BCUT2D eigenvalue weighted by Crippen LogP contribution is -2.10. The molecule has 16 heavy (non-hydrogen) atoms. The van der Waals surface area contributed by atoms with Crippen LogP contribution in [0.2, 0.25) is 0 Å². The first kappa shape index (κ1) is 8.84. The van der Waals surface area contributed by atoms with Crippen LogP contribution in [0.25, 0.3) is 11.3 Å². The molecule has 0 unspecified atom stereocenters. The number of benzene rings is 1. The Morgan fingerprint density at radius 3 is 2.75 bits per heavy atom. The zero-order valence-electron chi connectivity index (χ0n) is 8.14. The van der Waals surface area contributed by atoms with Crippen molar-refractivity contribution in [3.05, 3.63) is 52.1 Å². The van der Waals surface area contributed by atoms with Crippen LogP contribution >= 0.6 is 0 Å². The molecule has 3 rings (SSSR count). The minimum Gasteiger partial charge on any atom is -0.410 e. The van der Waals surface area contributed by atoms with E-state index < -0.39 is 0 Å². The number of rotatable bonds is 0. The van der Waals surface area contributed by atoms with E-state index in [2.05, 4.69) is 15.1 Å². The second kappa shape index (κ2) is 3.03. The van der Waals surface area contributed by atoms with Gasteiger partial charge in [-0.1, -0.05) is 29.4 Å². The van der Waals surface area contributed by atoms with E-state index in [-0.39, 0.29) is 5.56 Å². The summed E-state index contributed by atoms with van der Waals surface area (Å²) in [6, 6.07) is 7.37. The van der Waals surface area contributed by atoms with E-state index in [0.29, 0.717) is 17.1 Å². The Balaban J connectivity index is 2.44. The second-order valence-electron chi connectivity index (χ2n) is 3.47. The molecule has 5 heteroatoms. The van der Waals surface area contributed by atoms with E-state index in [9.17, 15) is 4.79 Å². The Kier molecular flexibility index (Phi) is 1.67. The topological polar surface area (TPSA) is 78.3 Å². The van der Waals surface area contributed by atoms with Gasteiger partial charge in [0, 0.05) is 11.1 Å². The van der Waals surface area contributed by atoms with E-state index in [1.165, 1.54) is 6.20 Å². The Morgan fingerprint density at radius 1 is 1.25 bits per heavy atom. The van der Waals surface area contributed by atoms with Crippen LogP contribution in [0, 0.1) is 0 Å². The SMILES string of the molecule is O=c1cnc2c([nH]1)-c1ccccc1/C2=N\O. The first-order chi connectivity index (χ1) is 7.81. The van der Waals surface area contributed by atoms with Crippen molar-refractivity contribution < 1.29 is 5.21 Å². The van der Waals surface area contributed by atoms with E-state index in [1.807, 2.05) is 24.3 Å². The Morgan fingerprint density at radius 2 is 2.00 bits per heavy atom. The summed E-state index contributed by atoms with van der Waals surface area (Å²) in [4.78, 5) is 17.9. The monoisotopic (exact) mass is 213 g/mol. The van der Waals surface area contributed by atoms with Crippen LogP contribution in [-0.4, -0.2) is 20.9 Å². The fourth-order valence-electron chi connectivity index (χ4n) is 1.91. The van der Waals surface area contributed by atoms with Gasteiger partial charge in [0.15, 0.2) is 0 Å². The molecule has 0 spiro atoms. The molecule has 78 valence electrons. The first-order valence-corrected chi connectivity index (χ1v) is 4.73. The number of aromatic amines is 1. The van der Waals surface area contributed by atoms with Crippen molar-refractivity contribution in [1.82, 2.24) is 9.97 Å². The zero-order chi connectivity index (χ0) is 11.1. The largest absolute Gasteiger partial charge is 0.410 e. The van der Waals surface area contributed by atoms with E-state index >= 15 is 0 Å². The summed E-state index contributed by atoms with van der Waals surface area (Å²) in [7, 11) is 0. The molecular weight excluding hydrogens is 206 g/mol. The fourth-order valence-corrected chi connectivity index (χ4v) is 1.91. The summed E-state index contributed by atoms with van der Waals surface area (Å²) in [5, 5.41) is 12.2. The summed E-state index contributed by atoms with van der Waals surface area (Å²) in [5.74, 6) is 0. The quantitative estimate of drug-likeness (QED) is 0.431. The van der Waals surface area contributed by atoms with Gasteiger partial charge in [-0.3, -0.25) is 4.79 Å². The molecule has 0 atom stereocenters. The summed E-state index contributed by atoms with van der Waals surface area (Å²) in [6.45, 7) is 0. The van der Waals surface area contributed by atoms with Crippen LogP contribution in [-0.2, 0) is 0 Å². The third-order valence-corrected chi connectivity index (χ3v) is 2.57. The van der Waals surface area contributed by atoms with Gasteiger partial charge in [-0.15, -0.1) is 0 Å². The highest BCUT2D eigenvalue weighted by molar-refractivity contribution is 6.22. The fraction of sp³-hybridized carbons (Fsp3) is 0. The van der Waals surface area contributed by atoms with Crippen molar-refractivity contribution in [3.8, 4) is 11.3 Å². The van der Waals surface area contributed by atoms with E-state index in [4.69, 9.17) is 5.21 Å². The third-order valence-electron chi connectivity index (χ3n) is 2.57. The number of hydrogen-bond acceptors (Lipinski definition) is 4.